The summed E-state index contributed by atoms with van der Waals surface area (Å²) in [7, 11) is 0. The van der Waals surface area contributed by atoms with E-state index in [4.69, 9.17) is 4.52 Å². The molecule has 0 fully saturated rings. The van der Waals surface area contributed by atoms with Crippen molar-refractivity contribution in [2.75, 3.05) is 0 Å². The van der Waals surface area contributed by atoms with Crippen molar-refractivity contribution in [1.29, 1.82) is 5.26 Å². The Morgan fingerprint density at radius 3 is 2.54 bits per heavy atom. The summed E-state index contributed by atoms with van der Waals surface area (Å²) in [6.45, 7) is 5.64. The van der Waals surface area contributed by atoms with Gasteiger partial charge in [0.1, 0.15) is 22.5 Å². The molecule has 0 atom stereocenters. The zero-order valence-electron chi connectivity index (χ0n) is 13.6. The van der Waals surface area contributed by atoms with Gasteiger partial charge in [0, 0.05) is 5.56 Å². The van der Waals surface area contributed by atoms with Gasteiger partial charge in [0.2, 0.25) is 11.7 Å². The molecular weight excluding hydrogens is 322 g/mol. The molecule has 2 heterocycles. The van der Waals surface area contributed by atoms with E-state index in [1.165, 1.54) is 17.3 Å². The van der Waals surface area contributed by atoms with E-state index in [0.29, 0.717) is 39.6 Å². The second-order valence-electron chi connectivity index (χ2n) is 5.31. The summed E-state index contributed by atoms with van der Waals surface area (Å²) in [5.41, 5.74) is 3.26. The minimum Gasteiger partial charge on any atom is -0.338 e. The highest BCUT2D eigenvalue weighted by molar-refractivity contribution is 7.98. The van der Waals surface area contributed by atoms with Gasteiger partial charge in [-0.1, -0.05) is 46.7 Å². The molecule has 0 spiro atoms. The number of benzene rings is 1. The first-order valence-electron chi connectivity index (χ1n) is 7.34. The Morgan fingerprint density at radius 2 is 1.83 bits per heavy atom. The van der Waals surface area contributed by atoms with Crippen LogP contribution in [0, 0.1) is 32.1 Å². The Kier molecular flexibility index (Phi) is 4.58. The molecule has 0 aliphatic carbocycles. The molecule has 0 unspecified atom stereocenters. The number of rotatable bonds is 4. The highest BCUT2D eigenvalue weighted by Gasteiger charge is 2.14. The van der Waals surface area contributed by atoms with Gasteiger partial charge in [0.25, 0.3) is 0 Å². The van der Waals surface area contributed by atoms with Gasteiger partial charge in [-0.05, 0) is 20.8 Å². The maximum Gasteiger partial charge on any atom is 0.237 e. The lowest BCUT2D eigenvalue weighted by atomic mass is 10.1. The van der Waals surface area contributed by atoms with Gasteiger partial charge in [-0.2, -0.15) is 10.2 Å². The smallest absolute Gasteiger partial charge is 0.237 e. The van der Waals surface area contributed by atoms with E-state index < -0.39 is 0 Å². The summed E-state index contributed by atoms with van der Waals surface area (Å²) in [6.07, 6.45) is 0. The largest absolute Gasteiger partial charge is 0.338 e. The predicted octanol–water partition coefficient (Wildman–Crippen LogP) is 3.62. The van der Waals surface area contributed by atoms with Gasteiger partial charge in [0.15, 0.2) is 0 Å². The molecule has 0 N–H and O–H groups in total. The van der Waals surface area contributed by atoms with Crippen molar-refractivity contribution < 1.29 is 4.52 Å². The average molecular weight is 337 g/mol. The van der Waals surface area contributed by atoms with Gasteiger partial charge in [-0.15, -0.1) is 0 Å². The van der Waals surface area contributed by atoms with E-state index in [2.05, 4.69) is 26.2 Å². The van der Waals surface area contributed by atoms with Crippen molar-refractivity contribution in [3.05, 3.63) is 52.8 Å². The number of thioether (sulfide) groups is 1. The predicted molar refractivity (Wildman–Crippen MR) is 90.3 cm³/mol. The van der Waals surface area contributed by atoms with Crippen molar-refractivity contribution >= 4 is 11.8 Å². The molecule has 0 aliphatic heterocycles. The first kappa shape index (κ1) is 16.1. The van der Waals surface area contributed by atoms with Crippen molar-refractivity contribution in [2.24, 2.45) is 0 Å². The number of hydrogen-bond donors (Lipinski definition) is 0. The van der Waals surface area contributed by atoms with Crippen LogP contribution in [0.2, 0.25) is 0 Å². The van der Waals surface area contributed by atoms with E-state index in [1.807, 2.05) is 31.2 Å². The fourth-order valence-electron chi connectivity index (χ4n) is 2.18. The SMILES string of the molecule is Cc1ccc(-c2noc(CSc3nc(C)nc(C)c3C#N)n2)cc1. The third kappa shape index (κ3) is 3.44. The molecule has 6 nitrogen and oxygen atoms in total. The Balaban J connectivity index is 1.77. The summed E-state index contributed by atoms with van der Waals surface area (Å²) < 4.78 is 5.30. The first-order chi connectivity index (χ1) is 11.6. The summed E-state index contributed by atoms with van der Waals surface area (Å²) in [6, 6.07) is 10.1. The number of aromatic nitrogens is 4. The van der Waals surface area contributed by atoms with Crippen LogP contribution < -0.4 is 0 Å². The average Bonchev–Trinajstić information content (AvgIpc) is 3.02. The molecule has 1 aromatic carbocycles. The number of aryl methyl sites for hydroxylation is 3. The second kappa shape index (κ2) is 6.81. The zero-order chi connectivity index (χ0) is 17.1. The monoisotopic (exact) mass is 337 g/mol. The van der Waals surface area contributed by atoms with E-state index in [-0.39, 0.29) is 0 Å². The molecule has 0 amide bonds. The van der Waals surface area contributed by atoms with E-state index in [9.17, 15) is 5.26 Å². The molecule has 0 bridgehead atoms. The molecule has 2 aromatic heterocycles. The Bertz CT molecular complexity index is 912. The lowest BCUT2D eigenvalue weighted by Gasteiger charge is -2.04. The molecule has 0 saturated heterocycles. The molecular formula is C17H15N5OS. The van der Waals surface area contributed by atoms with Crippen molar-refractivity contribution in [3.63, 3.8) is 0 Å². The quantitative estimate of drug-likeness (QED) is 0.530. The third-order valence-corrected chi connectivity index (χ3v) is 4.35. The lowest BCUT2D eigenvalue weighted by Crippen LogP contribution is -1.99. The fourth-order valence-corrected chi connectivity index (χ4v) is 3.09. The summed E-state index contributed by atoms with van der Waals surface area (Å²) in [5.74, 6) is 2.14. The molecule has 3 aromatic rings. The Hall–Kier alpha value is -2.72. The van der Waals surface area contributed by atoms with Crippen molar-refractivity contribution in [3.8, 4) is 17.5 Å². The van der Waals surface area contributed by atoms with Gasteiger partial charge in [0.05, 0.1) is 11.4 Å². The van der Waals surface area contributed by atoms with Crippen molar-refractivity contribution in [1.82, 2.24) is 20.1 Å². The molecule has 7 heteroatoms. The number of nitriles is 1. The minimum absolute atomic E-state index is 0.448. The third-order valence-electron chi connectivity index (χ3n) is 3.39. The van der Waals surface area contributed by atoms with Crippen LogP contribution >= 0.6 is 11.8 Å². The summed E-state index contributed by atoms with van der Waals surface area (Å²) in [5, 5.41) is 13.9. The molecule has 0 aliphatic rings. The van der Waals surface area contributed by atoms with Gasteiger partial charge in [-0.3, -0.25) is 0 Å². The maximum atomic E-state index is 9.27. The fraction of sp³-hybridized carbons (Fsp3) is 0.235. The molecule has 0 saturated carbocycles. The minimum atomic E-state index is 0.448. The Labute approximate surface area is 144 Å². The van der Waals surface area contributed by atoms with Crippen LogP contribution in [0.4, 0.5) is 0 Å². The van der Waals surface area contributed by atoms with Crippen LogP contribution in [0.5, 0.6) is 0 Å². The Morgan fingerprint density at radius 1 is 1.08 bits per heavy atom. The normalized spacial score (nSPS) is 10.6. The van der Waals surface area contributed by atoms with E-state index in [1.54, 1.807) is 13.8 Å². The van der Waals surface area contributed by atoms with Crippen LogP contribution in [0.1, 0.15) is 28.5 Å². The van der Waals surface area contributed by atoms with Gasteiger partial charge in [-0.25, -0.2) is 9.97 Å². The van der Waals surface area contributed by atoms with Crippen LogP contribution in [-0.4, -0.2) is 20.1 Å². The van der Waals surface area contributed by atoms with E-state index >= 15 is 0 Å². The van der Waals surface area contributed by atoms with Crippen LogP contribution in [-0.2, 0) is 5.75 Å². The highest BCUT2D eigenvalue weighted by atomic mass is 32.2. The molecule has 3 rings (SSSR count). The molecule has 120 valence electrons. The summed E-state index contributed by atoms with van der Waals surface area (Å²) >= 11 is 1.39. The van der Waals surface area contributed by atoms with Crippen LogP contribution in [0.25, 0.3) is 11.4 Å². The van der Waals surface area contributed by atoms with Crippen LogP contribution in [0.3, 0.4) is 0 Å². The number of nitrogens with zero attached hydrogens (tertiary/aromatic N) is 5. The lowest BCUT2D eigenvalue weighted by molar-refractivity contribution is 0.391. The molecule has 24 heavy (non-hydrogen) atoms. The number of hydrogen-bond acceptors (Lipinski definition) is 7. The zero-order valence-corrected chi connectivity index (χ0v) is 14.4. The first-order valence-corrected chi connectivity index (χ1v) is 8.33. The topological polar surface area (TPSA) is 88.5 Å². The van der Waals surface area contributed by atoms with Crippen molar-refractivity contribution in [2.45, 2.75) is 31.6 Å². The highest BCUT2D eigenvalue weighted by Crippen LogP contribution is 2.26. The van der Waals surface area contributed by atoms with Gasteiger partial charge < -0.3 is 4.52 Å². The maximum absolute atomic E-state index is 9.27. The van der Waals surface area contributed by atoms with Gasteiger partial charge >= 0.3 is 0 Å². The standard InChI is InChI=1S/C17H15N5OS/c1-10-4-6-13(7-5-10)16-21-15(23-22-16)9-24-17-14(8-18)11(2)19-12(3)20-17/h4-7H,9H2,1-3H3. The summed E-state index contributed by atoms with van der Waals surface area (Å²) in [4.78, 5) is 12.9. The van der Waals surface area contributed by atoms with Crippen LogP contribution in [0.15, 0.2) is 33.8 Å². The second-order valence-corrected chi connectivity index (χ2v) is 6.28. The van der Waals surface area contributed by atoms with E-state index in [0.717, 1.165) is 5.56 Å². The molecule has 0 radical (unpaired) electrons.